The monoisotopic (exact) mass is 226 g/mol. The molecule has 0 amide bonds. The average molecular weight is 226 g/mol. The summed E-state index contributed by atoms with van der Waals surface area (Å²) >= 11 is 5.12. The molecule has 0 bridgehead atoms. The van der Waals surface area contributed by atoms with Crippen LogP contribution in [0.2, 0.25) is 0 Å². The van der Waals surface area contributed by atoms with Gasteiger partial charge in [-0.15, -0.1) is 5.10 Å². The Morgan fingerprint density at radius 1 is 1.60 bits per heavy atom. The van der Waals surface area contributed by atoms with Crippen LogP contribution in [0, 0.1) is 10.7 Å². The summed E-state index contributed by atoms with van der Waals surface area (Å²) in [7, 11) is 1.97. The minimum Gasteiger partial charge on any atom is -0.341 e. The van der Waals surface area contributed by atoms with Crippen molar-refractivity contribution in [3.63, 3.8) is 0 Å². The van der Waals surface area contributed by atoms with E-state index in [1.54, 1.807) is 0 Å². The Balaban J connectivity index is 2.14. The standard InChI is InChI=1S/C10H18N4S/c1-3-6-14(7-8-4-5-8)9-11-12-10(15)13(9)2/h8H,3-7H2,1-2H3,(H,12,15). The van der Waals surface area contributed by atoms with E-state index in [2.05, 4.69) is 22.0 Å². The summed E-state index contributed by atoms with van der Waals surface area (Å²) in [5.74, 6) is 1.86. The zero-order valence-electron chi connectivity index (χ0n) is 9.36. The number of anilines is 1. The number of aromatic nitrogens is 3. The largest absolute Gasteiger partial charge is 0.341 e. The molecule has 15 heavy (non-hydrogen) atoms. The van der Waals surface area contributed by atoms with Crippen LogP contribution in [0.1, 0.15) is 26.2 Å². The first-order valence-electron chi connectivity index (χ1n) is 5.58. The van der Waals surface area contributed by atoms with Crippen molar-refractivity contribution >= 4 is 18.2 Å². The lowest BCUT2D eigenvalue weighted by Gasteiger charge is -2.22. The number of rotatable bonds is 5. The first kappa shape index (κ1) is 10.7. The van der Waals surface area contributed by atoms with E-state index in [0.717, 1.165) is 31.4 Å². The molecule has 0 saturated heterocycles. The minimum absolute atomic E-state index is 0.696. The smallest absolute Gasteiger partial charge is 0.225 e. The Morgan fingerprint density at radius 2 is 2.33 bits per heavy atom. The molecule has 1 aromatic heterocycles. The second-order valence-corrected chi connectivity index (χ2v) is 4.66. The van der Waals surface area contributed by atoms with E-state index >= 15 is 0 Å². The summed E-state index contributed by atoms with van der Waals surface area (Å²) in [6.07, 6.45) is 3.89. The number of nitrogens with one attached hydrogen (secondary N) is 1. The van der Waals surface area contributed by atoms with Crippen molar-refractivity contribution in [1.82, 2.24) is 14.8 Å². The number of H-pyrrole nitrogens is 1. The van der Waals surface area contributed by atoms with Gasteiger partial charge in [-0.3, -0.25) is 4.57 Å². The lowest BCUT2D eigenvalue weighted by molar-refractivity contribution is 0.671. The topological polar surface area (TPSA) is 36.9 Å². The van der Waals surface area contributed by atoms with Crippen LogP contribution in [0.4, 0.5) is 5.95 Å². The highest BCUT2D eigenvalue weighted by atomic mass is 32.1. The second-order valence-electron chi connectivity index (χ2n) is 4.28. The van der Waals surface area contributed by atoms with Gasteiger partial charge < -0.3 is 4.90 Å². The second kappa shape index (κ2) is 4.35. The van der Waals surface area contributed by atoms with E-state index in [0.29, 0.717) is 4.77 Å². The normalized spacial score (nSPS) is 15.6. The molecule has 0 unspecified atom stereocenters. The van der Waals surface area contributed by atoms with E-state index in [-0.39, 0.29) is 0 Å². The van der Waals surface area contributed by atoms with Crippen LogP contribution in [0.5, 0.6) is 0 Å². The zero-order chi connectivity index (χ0) is 10.8. The van der Waals surface area contributed by atoms with Gasteiger partial charge in [-0.25, -0.2) is 5.10 Å². The molecule has 1 aromatic rings. The molecule has 0 aromatic carbocycles. The molecule has 1 fully saturated rings. The highest BCUT2D eigenvalue weighted by Gasteiger charge is 2.25. The molecule has 1 aliphatic rings. The van der Waals surface area contributed by atoms with Crippen LogP contribution >= 0.6 is 12.2 Å². The van der Waals surface area contributed by atoms with Crippen LogP contribution in [-0.2, 0) is 7.05 Å². The Bertz CT molecular complexity index is 377. The van der Waals surface area contributed by atoms with E-state index in [1.165, 1.54) is 12.8 Å². The predicted octanol–water partition coefficient (Wildman–Crippen LogP) is 2.10. The maximum absolute atomic E-state index is 5.12. The molecule has 0 atom stereocenters. The van der Waals surface area contributed by atoms with Gasteiger partial charge in [0.1, 0.15) is 0 Å². The maximum atomic E-state index is 5.12. The van der Waals surface area contributed by atoms with Crippen LogP contribution in [0.15, 0.2) is 0 Å². The molecule has 84 valence electrons. The summed E-state index contributed by atoms with van der Waals surface area (Å²) in [6, 6.07) is 0. The SMILES string of the molecule is CCCN(CC1CC1)c1n[nH]c(=S)n1C. The van der Waals surface area contributed by atoms with Crippen LogP contribution < -0.4 is 4.90 Å². The van der Waals surface area contributed by atoms with Gasteiger partial charge in [0.25, 0.3) is 0 Å². The molecule has 5 heteroatoms. The number of nitrogens with zero attached hydrogens (tertiary/aromatic N) is 3. The van der Waals surface area contributed by atoms with Crippen LogP contribution in [0.25, 0.3) is 0 Å². The fourth-order valence-corrected chi connectivity index (χ4v) is 1.90. The quantitative estimate of drug-likeness (QED) is 0.781. The first-order valence-corrected chi connectivity index (χ1v) is 5.99. The molecule has 0 radical (unpaired) electrons. The van der Waals surface area contributed by atoms with Crippen molar-refractivity contribution in [3.05, 3.63) is 4.77 Å². The van der Waals surface area contributed by atoms with Crippen LogP contribution in [-0.4, -0.2) is 27.9 Å². The predicted molar refractivity (Wildman–Crippen MR) is 63.6 cm³/mol. The van der Waals surface area contributed by atoms with Gasteiger partial charge >= 0.3 is 0 Å². The van der Waals surface area contributed by atoms with E-state index in [9.17, 15) is 0 Å². The van der Waals surface area contributed by atoms with E-state index in [4.69, 9.17) is 12.2 Å². The number of aromatic amines is 1. The van der Waals surface area contributed by atoms with Gasteiger partial charge in [-0.2, -0.15) is 0 Å². The molecule has 1 saturated carbocycles. The Hall–Kier alpha value is -0.840. The molecule has 1 aliphatic carbocycles. The van der Waals surface area contributed by atoms with Gasteiger partial charge in [-0.1, -0.05) is 6.92 Å². The van der Waals surface area contributed by atoms with Gasteiger partial charge in [0.2, 0.25) is 5.95 Å². The number of hydrogen-bond acceptors (Lipinski definition) is 3. The van der Waals surface area contributed by atoms with Crippen molar-refractivity contribution in [1.29, 1.82) is 0 Å². The highest BCUT2D eigenvalue weighted by molar-refractivity contribution is 7.71. The third-order valence-corrected chi connectivity index (χ3v) is 3.17. The Labute approximate surface area is 95.3 Å². The lowest BCUT2D eigenvalue weighted by atomic mass is 10.3. The molecular weight excluding hydrogens is 208 g/mol. The van der Waals surface area contributed by atoms with Gasteiger partial charge in [-0.05, 0) is 37.4 Å². The van der Waals surface area contributed by atoms with Crippen molar-refractivity contribution in [2.45, 2.75) is 26.2 Å². The van der Waals surface area contributed by atoms with Crippen molar-refractivity contribution in [3.8, 4) is 0 Å². The summed E-state index contributed by atoms with van der Waals surface area (Å²) < 4.78 is 2.65. The third-order valence-electron chi connectivity index (χ3n) is 2.81. The van der Waals surface area contributed by atoms with Gasteiger partial charge in [0, 0.05) is 20.1 Å². The highest BCUT2D eigenvalue weighted by Crippen LogP contribution is 2.30. The zero-order valence-corrected chi connectivity index (χ0v) is 10.2. The fraction of sp³-hybridized carbons (Fsp3) is 0.800. The molecule has 0 spiro atoms. The van der Waals surface area contributed by atoms with E-state index in [1.807, 2.05) is 11.6 Å². The average Bonchev–Trinajstić information content (AvgIpc) is 2.96. The van der Waals surface area contributed by atoms with Crippen LogP contribution in [0.3, 0.4) is 0 Å². The summed E-state index contributed by atoms with van der Waals surface area (Å²) in [4.78, 5) is 2.34. The van der Waals surface area contributed by atoms with Crippen molar-refractivity contribution in [2.24, 2.45) is 13.0 Å². The molecule has 0 aliphatic heterocycles. The van der Waals surface area contributed by atoms with E-state index < -0.39 is 0 Å². The Morgan fingerprint density at radius 3 is 2.80 bits per heavy atom. The molecule has 1 heterocycles. The summed E-state index contributed by atoms with van der Waals surface area (Å²) in [6.45, 7) is 4.38. The lowest BCUT2D eigenvalue weighted by Crippen LogP contribution is -2.29. The van der Waals surface area contributed by atoms with Crippen molar-refractivity contribution < 1.29 is 0 Å². The fourth-order valence-electron chi connectivity index (χ4n) is 1.78. The summed E-state index contributed by atoms with van der Waals surface area (Å²) in [5, 5.41) is 7.13. The Kier molecular flexibility index (Phi) is 3.09. The summed E-state index contributed by atoms with van der Waals surface area (Å²) in [5.41, 5.74) is 0. The molecule has 1 N–H and O–H groups in total. The molecule has 4 nitrogen and oxygen atoms in total. The molecular formula is C10H18N4S. The van der Waals surface area contributed by atoms with Gasteiger partial charge in [0.15, 0.2) is 4.77 Å². The third kappa shape index (κ3) is 2.40. The minimum atomic E-state index is 0.696. The van der Waals surface area contributed by atoms with Gasteiger partial charge in [0.05, 0.1) is 0 Å². The number of hydrogen-bond donors (Lipinski definition) is 1. The molecule has 2 rings (SSSR count). The first-order chi connectivity index (χ1) is 7.22. The maximum Gasteiger partial charge on any atom is 0.225 e. The van der Waals surface area contributed by atoms with Crippen molar-refractivity contribution in [2.75, 3.05) is 18.0 Å².